The highest BCUT2D eigenvalue weighted by Crippen LogP contribution is 2.23. The van der Waals surface area contributed by atoms with Gasteiger partial charge in [0.05, 0.1) is 25.8 Å². The van der Waals surface area contributed by atoms with Crippen LogP contribution in [0, 0.1) is 6.92 Å². The summed E-state index contributed by atoms with van der Waals surface area (Å²) in [6.45, 7) is 1.26. The Bertz CT molecular complexity index is 532. The van der Waals surface area contributed by atoms with Gasteiger partial charge in [-0.1, -0.05) is 0 Å². The number of esters is 1. The molecule has 1 heterocycles. The van der Waals surface area contributed by atoms with Crippen molar-refractivity contribution in [1.29, 1.82) is 0 Å². The number of carboxylic acid groups (broad SMARTS) is 1. The maximum Gasteiger partial charge on any atom is 0.323 e. The summed E-state index contributed by atoms with van der Waals surface area (Å²) >= 11 is 0. The van der Waals surface area contributed by atoms with Crippen LogP contribution in [0.25, 0.3) is 0 Å². The second-order valence-electron chi connectivity index (χ2n) is 4.41. The normalized spacial score (nSPS) is 12.0. The third-order valence-corrected chi connectivity index (χ3v) is 2.99. The lowest BCUT2D eigenvalue weighted by Gasteiger charge is -2.17. The number of aryl methyl sites for hydroxylation is 1. The van der Waals surface area contributed by atoms with Gasteiger partial charge < -0.3 is 20.1 Å². The molecular formula is C13H18N2O6. The first-order valence-electron chi connectivity index (χ1n) is 6.20. The Balaban J connectivity index is 2.91. The van der Waals surface area contributed by atoms with E-state index in [4.69, 9.17) is 5.11 Å². The van der Waals surface area contributed by atoms with E-state index >= 15 is 0 Å². The smallest absolute Gasteiger partial charge is 0.323 e. The molecule has 1 rings (SSSR count). The Hall–Kier alpha value is -2.19. The van der Waals surface area contributed by atoms with Crippen LogP contribution in [0.15, 0.2) is 6.20 Å². The zero-order chi connectivity index (χ0) is 16.0. The topological polar surface area (TPSA) is 129 Å². The van der Waals surface area contributed by atoms with Gasteiger partial charge in [0.15, 0.2) is 0 Å². The first-order chi connectivity index (χ1) is 9.90. The molecule has 8 nitrogen and oxygen atoms in total. The van der Waals surface area contributed by atoms with E-state index in [9.17, 15) is 19.8 Å². The van der Waals surface area contributed by atoms with E-state index in [1.54, 1.807) is 6.92 Å². The number of methoxy groups -OCH3 is 1. The van der Waals surface area contributed by atoms with Crippen LogP contribution >= 0.6 is 0 Å². The standard InChI is InChI=1S/C13H18N2O6/c1-7-12(19)9(8(6-16)4-14-7)5-15-10(3-11(17)18)13(20)21-2/h4,10,15-16,19H,3,5-6H2,1-2H3,(H,17,18). The molecule has 0 bridgehead atoms. The molecule has 21 heavy (non-hydrogen) atoms. The molecule has 1 atom stereocenters. The zero-order valence-electron chi connectivity index (χ0n) is 11.8. The number of aliphatic hydroxyl groups is 1. The summed E-state index contributed by atoms with van der Waals surface area (Å²) < 4.78 is 4.52. The first kappa shape index (κ1) is 16.9. The Labute approximate surface area is 121 Å². The summed E-state index contributed by atoms with van der Waals surface area (Å²) in [7, 11) is 1.16. The summed E-state index contributed by atoms with van der Waals surface area (Å²) in [6, 6.07) is -1.05. The Morgan fingerprint density at radius 2 is 2.14 bits per heavy atom. The van der Waals surface area contributed by atoms with Gasteiger partial charge in [-0.25, -0.2) is 0 Å². The molecule has 0 radical (unpaired) electrons. The molecule has 1 aromatic rings. The predicted octanol–water partition coefficient (Wildman–Crippen LogP) is -0.306. The molecule has 0 aromatic carbocycles. The van der Waals surface area contributed by atoms with Gasteiger partial charge >= 0.3 is 11.9 Å². The van der Waals surface area contributed by atoms with Crippen molar-refractivity contribution in [2.45, 2.75) is 32.5 Å². The number of hydrogen-bond acceptors (Lipinski definition) is 7. The van der Waals surface area contributed by atoms with E-state index in [2.05, 4.69) is 15.0 Å². The second kappa shape index (κ2) is 7.55. The number of nitrogens with zero attached hydrogens (tertiary/aromatic N) is 1. The minimum Gasteiger partial charge on any atom is -0.506 e. The van der Waals surface area contributed by atoms with Crippen molar-refractivity contribution in [2.75, 3.05) is 7.11 Å². The number of pyridine rings is 1. The van der Waals surface area contributed by atoms with Crippen LogP contribution in [-0.4, -0.2) is 45.4 Å². The number of carbonyl (C=O) groups excluding carboxylic acids is 1. The molecule has 0 amide bonds. The van der Waals surface area contributed by atoms with Crippen molar-refractivity contribution in [3.05, 3.63) is 23.0 Å². The fourth-order valence-corrected chi connectivity index (χ4v) is 1.80. The Morgan fingerprint density at radius 1 is 1.48 bits per heavy atom. The molecular weight excluding hydrogens is 280 g/mol. The highest BCUT2D eigenvalue weighted by atomic mass is 16.5. The predicted molar refractivity (Wildman–Crippen MR) is 71.5 cm³/mol. The van der Waals surface area contributed by atoms with Crippen molar-refractivity contribution in [2.24, 2.45) is 0 Å². The number of carboxylic acids is 1. The number of rotatable bonds is 7. The fraction of sp³-hybridized carbons (Fsp3) is 0.462. The van der Waals surface area contributed by atoms with Crippen LogP contribution in [0.2, 0.25) is 0 Å². The Kier molecular flexibility index (Phi) is 6.07. The van der Waals surface area contributed by atoms with E-state index in [0.717, 1.165) is 7.11 Å². The van der Waals surface area contributed by atoms with Crippen molar-refractivity contribution in [3.63, 3.8) is 0 Å². The third-order valence-electron chi connectivity index (χ3n) is 2.99. The summed E-state index contributed by atoms with van der Waals surface area (Å²) in [5, 5.41) is 30.7. The summed E-state index contributed by atoms with van der Waals surface area (Å²) in [5.74, 6) is -1.98. The SMILES string of the molecule is COC(=O)C(CC(=O)O)NCc1c(CO)cnc(C)c1O. The minimum absolute atomic E-state index is 0.00185. The number of nitrogens with one attached hydrogen (secondary N) is 1. The molecule has 0 saturated carbocycles. The van der Waals surface area contributed by atoms with Gasteiger partial charge in [0.25, 0.3) is 0 Å². The monoisotopic (exact) mass is 298 g/mol. The van der Waals surface area contributed by atoms with Gasteiger partial charge in [-0.2, -0.15) is 0 Å². The van der Waals surface area contributed by atoms with Gasteiger partial charge in [0, 0.05) is 23.9 Å². The molecule has 0 aliphatic rings. The number of carbonyl (C=O) groups is 2. The molecule has 116 valence electrons. The lowest BCUT2D eigenvalue weighted by molar-refractivity contribution is -0.148. The van der Waals surface area contributed by atoms with Gasteiger partial charge in [-0.15, -0.1) is 0 Å². The molecule has 0 saturated heterocycles. The zero-order valence-corrected chi connectivity index (χ0v) is 11.8. The van der Waals surface area contributed by atoms with Gasteiger partial charge in [-0.05, 0) is 6.92 Å². The van der Waals surface area contributed by atoms with Crippen LogP contribution in [-0.2, 0) is 27.5 Å². The molecule has 8 heteroatoms. The molecule has 1 unspecified atom stereocenters. The van der Waals surface area contributed by atoms with Gasteiger partial charge in [0.2, 0.25) is 0 Å². The van der Waals surface area contributed by atoms with Crippen LogP contribution in [0.4, 0.5) is 0 Å². The number of aliphatic hydroxyl groups excluding tert-OH is 1. The van der Waals surface area contributed by atoms with Gasteiger partial charge in [-0.3, -0.25) is 19.9 Å². The molecule has 0 fully saturated rings. The number of aromatic hydroxyl groups is 1. The summed E-state index contributed by atoms with van der Waals surface area (Å²) in [6.07, 6.45) is 0.961. The quantitative estimate of drug-likeness (QED) is 0.505. The molecule has 0 spiro atoms. The van der Waals surface area contributed by atoms with Crippen molar-refractivity contribution in [3.8, 4) is 5.75 Å². The summed E-state index contributed by atoms with van der Waals surface area (Å²) in [5.41, 5.74) is 1.13. The number of hydrogen-bond donors (Lipinski definition) is 4. The largest absolute Gasteiger partial charge is 0.506 e. The molecule has 0 aliphatic heterocycles. The molecule has 1 aromatic heterocycles. The van der Waals surface area contributed by atoms with E-state index in [-0.39, 0.29) is 18.9 Å². The number of aliphatic carboxylic acids is 1. The average molecular weight is 298 g/mol. The maximum absolute atomic E-state index is 11.5. The van der Waals surface area contributed by atoms with Crippen LogP contribution < -0.4 is 5.32 Å². The van der Waals surface area contributed by atoms with E-state index < -0.39 is 24.4 Å². The van der Waals surface area contributed by atoms with E-state index in [1.165, 1.54) is 6.20 Å². The highest BCUT2D eigenvalue weighted by Gasteiger charge is 2.23. The highest BCUT2D eigenvalue weighted by molar-refractivity contribution is 5.81. The summed E-state index contributed by atoms with van der Waals surface area (Å²) in [4.78, 5) is 26.2. The molecule has 0 aliphatic carbocycles. The fourth-order valence-electron chi connectivity index (χ4n) is 1.80. The van der Waals surface area contributed by atoms with Crippen molar-refractivity contribution < 1.29 is 29.6 Å². The first-order valence-corrected chi connectivity index (χ1v) is 6.20. The van der Waals surface area contributed by atoms with Crippen LogP contribution in [0.1, 0.15) is 23.2 Å². The second-order valence-corrected chi connectivity index (χ2v) is 4.41. The van der Waals surface area contributed by atoms with Gasteiger partial charge in [0.1, 0.15) is 11.8 Å². The van der Waals surface area contributed by atoms with Crippen molar-refractivity contribution >= 4 is 11.9 Å². The Morgan fingerprint density at radius 3 is 2.67 bits per heavy atom. The maximum atomic E-state index is 11.5. The van der Waals surface area contributed by atoms with Crippen LogP contribution in [0.3, 0.4) is 0 Å². The number of ether oxygens (including phenoxy) is 1. The van der Waals surface area contributed by atoms with Crippen LogP contribution in [0.5, 0.6) is 5.75 Å². The minimum atomic E-state index is -1.16. The average Bonchev–Trinajstić information content (AvgIpc) is 2.46. The molecule has 4 N–H and O–H groups in total. The van der Waals surface area contributed by atoms with E-state index in [0.29, 0.717) is 16.8 Å². The van der Waals surface area contributed by atoms with E-state index in [1.807, 2.05) is 0 Å². The number of aromatic nitrogens is 1. The lowest BCUT2D eigenvalue weighted by Crippen LogP contribution is -2.39. The lowest BCUT2D eigenvalue weighted by atomic mass is 10.1. The third kappa shape index (κ3) is 4.40. The van der Waals surface area contributed by atoms with Crippen molar-refractivity contribution in [1.82, 2.24) is 10.3 Å².